The minimum atomic E-state index is -1.49. The summed E-state index contributed by atoms with van der Waals surface area (Å²) in [6.07, 6.45) is 1.58. The van der Waals surface area contributed by atoms with Gasteiger partial charge in [0.15, 0.2) is 0 Å². The van der Waals surface area contributed by atoms with E-state index >= 15 is 0 Å². The average molecular weight is 198 g/mol. The minimum absolute atomic E-state index is 0.355. The summed E-state index contributed by atoms with van der Waals surface area (Å²) in [5, 5.41) is 17.9. The molecule has 1 unspecified atom stereocenters. The zero-order valence-corrected chi connectivity index (χ0v) is 8.12. The topological polar surface area (TPSA) is 57.5 Å². The van der Waals surface area contributed by atoms with E-state index in [2.05, 4.69) is 0 Å². The van der Waals surface area contributed by atoms with Gasteiger partial charge in [0, 0.05) is 22.8 Å². The monoisotopic (exact) mass is 198 g/mol. The molecule has 1 rings (SSSR count). The third kappa shape index (κ3) is 2.95. The molecule has 0 amide bonds. The SMILES string of the molecule is CS(=O)Cc1ccccc1B(O)O. The highest BCUT2D eigenvalue weighted by Gasteiger charge is 2.15. The molecule has 0 bridgehead atoms. The first kappa shape index (κ1) is 10.4. The Balaban J connectivity index is 2.97. The number of hydrogen-bond donors (Lipinski definition) is 2. The van der Waals surface area contributed by atoms with Gasteiger partial charge in [-0.15, -0.1) is 0 Å². The highest BCUT2D eigenvalue weighted by molar-refractivity contribution is 7.83. The van der Waals surface area contributed by atoms with Crippen molar-refractivity contribution in [1.29, 1.82) is 0 Å². The van der Waals surface area contributed by atoms with Gasteiger partial charge in [-0.1, -0.05) is 24.3 Å². The molecule has 5 heteroatoms. The Bertz CT molecular complexity index is 314. The van der Waals surface area contributed by atoms with Crippen LogP contribution in [-0.2, 0) is 16.6 Å². The first-order valence-corrected chi connectivity index (χ1v) is 5.58. The van der Waals surface area contributed by atoms with E-state index in [9.17, 15) is 4.21 Å². The molecular weight excluding hydrogens is 187 g/mol. The van der Waals surface area contributed by atoms with Gasteiger partial charge in [-0.3, -0.25) is 4.21 Å². The summed E-state index contributed by atoms with van der Waals surface area (Å²) in [4.78, 5) is 0. The molecule has 0 spiro atoms. The fraction of sp³-hybridized carbons (Fsp3) is 0.250. The zero-order chi connectivity index (χ0) is 9.84. The fourth-order valence-corrected chi connectivity index (χ4v) is 1.84. The third-order valence-corrected chi connectivity index (χ3v) is 2.41. The Morgan fingerprint density at radius 2 is 2.00 bits per heavy atom. The summed E-state index contributed by atoms with van der Waals surface area (Å²) in [7, 11) is -2.45. The van der Waals surface area contributed by atoms with Crippen molar-refractivity contribution in [3.8, 4) is 0 Å². The van der Waals surface area contributed by atoms with E-state index in [1.807, 2.05) is 0 Å². The Morgan fingerprint density at radius 1 is 1.38 bits per heavy atom. The van der Waals surface area contributed by atoms with Crippen molar-refractivity contribution < 1.29 is 14.3 Å². The van der Waals surface area contributed by atoms with Crippen LogP contribution in [0.4, 0.5) is 0 Å². The summed E-state index contributed by atoms with van der Waals surface area (Å²) in [6.45, 7) is 0. The van der Waals surface area contributed by atoms with Gasteiger partial charge in [-0.2, -0.15) is 0 Å². The lowest BCUT2D eigenvalue weighted by Gasteiger charge is -2.06. The highest BCUT2D eigenvalue weighted by Crippen LogP contribution is 2.00. The molecule has 0 aliphatic carbocycles. The molecule has 0 saturated carbocycles. The lowest BCUT2D eigenvalue weighted by Crippen LogP contribution is -2.33. The summed E-state index contributed by atoms with van der Waals surface area (Å²) in [6, 6.07) is 6.87. The first-order valence-electron chi connectivity index (χ1n) is 3.85. The van der Waals surface area contributed by atoms with Gasteiger partial charge >= 0.3 is 7.12 Å². The van der Waals surface area contributed by atoms with Crippen LogP contribution in [0.1, 0.15) is 5.56 Å². The summed E-state index contributed by atoms with van der Waals surface area (Å²) < 4.78 is 10.9. The van der Waals surface area contributed by atoms with Crippen LogP contribution >= 0.6 is 0 Å². The fourth-order valence-electron chi connectivity index (χ4n) is 1.14. The maximum absolute atomic E-state index is 10.9. The van der Waals surface area contributed by atoms with Crippen molar-refractivity contribution in [2.75, 3.05) is 6.26 Å². The van der Waals surface area contributed by atoms with Gasteiger partial charge in [-0.05, 0) is 11.0 Å². The van der Waals surface area contributed by atoms with E-state index in [-0.39, 0.29) is 0 Å². The molecule has 0 saturated heterocycles. The molecule has 0 radical (unpaired) electrons. The van der Waals surface area contributed by atoms with Crippen LogP contribution in [-0.4, -0.2) is 27.6 Å². The van der Waals surface area contributed by atoms with Crippen LogP contribution in [0, 0.1) is 0 Å². The summed E-state index contributed by atoms with van der Waals surface area (Å²) >= 11 is 0. The maximum Gasteiger partial charge on any atom is 0.488 e. The molecule has 3 nitrogen and oxygen atoms in total. The van der Waals surface area contributed by atoms with E-state index in [0.29, 0.717) is 11.2 Å². The van der Waals surface area contributed by atoms with Crippen LogP contribution in [0.3, 0.4) is 0 Å². The molecule has 70 valence electrons. The predicted octanol–water partition coefficient (Wildman–Crippen LogP) is -0.755. The van der Waals surface area contributed by atoms with Crippen molar-refractivity contribution in [2.24, 2.45) is 0 Å². The smallest absolute Gasteiger partial charge is 0.423 e. The number of benzene rings is 1. The Kier molecular flexibility index (Phi) is 3.65. The van der Waals surface area contributed by atoms with Crippen LogP contribution in [0.5, 0.6) is 0 Å². The van der Waals surface area contributed by atoms with Crippen LogP contribution in [0.25, 0.3) is 0 Å². The molecule has 1 aromatic rings. The Morgan fingerprint density at radius 3 is 2.54 bits per heavy atom. The number of rotatable bonds is 3. The second-order valence-electron chi connectivity index (χ2n) is 2.79. The normalized spacial score (nSPS) is 12.5. The van der Waals surface area contributed by atoms with E-state index in [1.54, 1.807) is 30.5 Å². The van der Waals surface area contributed by atoms with Crippen molar-refractivity contribution in [1.82, 2.24) is 0 Å². The second-order valence-corrected chi connectivity index (χ2v) is 4.23. The molecular formula is C8H11BO3S. The lowest BCUT2D eigenvalue weighted by molar-refractivity contribution is 0.425. The van der Waals surface area contributed by atoms with Crippen LogP contribution in [0.15, 0.2) is 24.3 Å². The van der Waals surface area contributed by atoms with Crippen molar-refractivity contribution >= 4 is 23.4 Å². The van der Waals surface area contributed by atoms with Crippen LogP contribution in [0.2, 0.25) is 0 Å². The molecule has 0 aliphatic heterocycles. The highest BCUT2D eigenvalue weighted by atomic mass is 32.2. The van der Waals surface area contributed by atoms with Crippen molar-refractivity contribution in [3.63, 3.8) is 0 Å². The Labute approximate surface area is 80.0 Å². The van der Waals surface area contributed by atoms with Gasteiger partial charge in [0.05, 0.1) is 0 Å². The van der Waals surface area contributed by atoms with Gasteiger partial charge < -0.3 is 10.0 Å². The zero-order valence-electron chi connectivity index (χ0n) is 7.30. The third-order valence-electron chi connectivity index (χ3n) is 1.69. The van der Waals surface area contributed by atoms with Gasteiger partial charge in [-0.25, -0.2) is 0 Å². The maximum atomic E-state index is 10.9. The quantitative estimate of drug-likeness (QED) is 0.628. The average Bonchev–Trinajstić information content (AvgIpc) is 2.03. The molecule has 0 fully saturated rings. The van der Waals surface area contributed by atoms with Gasteiger partial charge in [0.25, 0.3) is 0 Å². The largest absolute Gasteiger partial charge is 0.488 e. The minimum Gasteiger partial charge on any atom is -0.423 e. The van der Waals surface area contributed by atoms with Crippen molar-refractivity contribution in [2.45, 2.75) is 5.75 Å². The van der Waals surface area contributed by atoms with Crippen molar-refractivity contribution in [3.05, 3.63) is 29.8 Å². The van der Waals surface area contributed by atoms with E-state index in [4.69, 9.17) is 10.0 Å². The van der Waals surface area contributed by atoms with Gasteiger partial charge in [0.2, 0.25) is 0 Å². The molecule has 1 atom stereocenters. The molecule has 1 aromatic carbocycles. The molecule has 13 heavy (non-hydrogen) atoms. The lowest BCUT2D eigenvalue weighted by atomic mass is 9.77. The first-order chi connectivity index (χ1) is 6.11. The second kappa shape index (κ2) is 4.55. The van der Waals surface area contributed by atoms with E-state index < -0.39 is 17.9 Å². The Hall–Kier alpha value is -0.645. The molecule has 0 heterocycles. The number of hydrogen-bond acceptors (Lipinski definition) is 3. The summed E-state index contributed by atoms with van der Waals surface area (Å²) in [5.41, 5.74) is 1.15. The van der Waals surface area contributed by atoms with E-state index in [1.165, 1.54) is 0 Å². The van der Waals surface area contributed by atoms with E-state index in [0.717, 1.165) is 5.56 Å². The predicted molar refractivity (Wildman–Crippen MR) is 54.0 cm³/mol. The van der Waals surface area contributed by atoms with Crippen LogP contribution < -0.4 is 5.46 Å². The molecule has 0 aromatic heterocycles. The summed E-state index contributed by atoms with van der Waals surface area (Å²) in [5.74, 6) is 0.355. The van der Waals surface area contributed by atoms with Gasteiger partial charge in [0.1, 0.15) is 0 Å². The standard InChI is InChI=1S/C8H11BO3S/c1-13(12)6-7-4-2-3-5-8(7)9(10)11/h2-5,10-11H,6H2,1H3. The molecule has 2 N–H and O–H groups in total. The molecule has 0 aliphatic rings.